The van der Waals surface area contributed by atoms with E-state index in [4.69, 9.17) is 9.47 Å². The number of hydrogen-bond acceptors (Lipinski definition) is 4. The molecule has 20 heavy (non-hydrogen) atoms. The molecule has 0 radical (unpaired) electrons. The molecular formula is C16H24N2O2. The lowest BCUT2D eigenvalue weighted by Crippen LogP contribution is -2.52. The van der Waals surface area contributed by atoms with Gasteiger partial charge in [-0.3, -0.25) is 4.90 Å². The number of fused-ring (bicyclic) bond motifs is 1. The molecule has 3 atom stereocenters. The molecule has 0 spiro atoms. The number of likely N-dealkylation sites (N-methyl/N-ethyl adjacent to an activating group) is 2. The normalized spacial score (nSPS) is 29.2. The number of nitrogens with one attached hydrogen (secondary N) is 1. The predicted octanol–water partition coefficient (Wildman–Crippen LogP) is 1.82. The van der Waals surface area contributed by atoms with Crippen LogP contribution in [0.2, 0.25) is 0 Å². The minimum Gasteiger partial charge on any atom is -0.492 e. The highest BCUT2D eigenvalue weighted by molar-refractivity contribution is 5.38. The molecule has 1 aromatic rings. The van der Waals surface area contributed by atoms with Gasteiger partial charge in [0.15, 0.2) is 0 Å². The van der Waals surface area contributed by atoms with E-state index in [0.717, 1.165) is 38.5 Å². The molecule has 1 N–H and O–H groups in total. The van der Waals surface area contributed by atoms with Crippen molar-refractivity contribution >= 4 is 0 Å². The zero-order valence-corrected chi connectivity index (χ0v) is 12.3. The standard InChI is InChI=1S/C16H24N2O2/c1-3-17-16-13-6-4-5-7-15(13)20-11-14(16)18(2)12-8-9-19-10-12/h4-7,12,14,16-17H,3,8-11H2,1-2H3. The first-order valence-electron chi connectivity index (χ1n) is 7.56. The van der Waals surface area contributed by atoms with Gasteiger partial charge in [-0.1, -0.05) is 25.1 Å². The number of nitrogens with zero attached hydrogens (tertiary/aromatic N) is 1. The summed E-state index contributed by atoms with van der Waals surface area (Å²) in [6.45, 7) is 5.58. The summed E-state index contributed by atoms with van der Waals surface area (Å²) in [5.41, 5.74) is 1.27. The Hall–Kier alpha value is -1.10. The minimum absolute atomic E-state index is 0.329. The van der Waals surface area contributed by atoms with E-state index in [1.54, 1.807) is 0 Å². The van der Waals surface area contributed by atoms with E-state index in [2.05, 4.69) is 42.4 Å². The van der Waals surface area contributed by atoms with Gasteiger partial charge in [-0.25, -0.2) is 0 Å². The quantitative estimate of drug-likeness (QED) is 0.909. The zero-order valence-electron chi connectivity index (χ0n) is 12.3. The van der Waals surface area contributed by atoms with Crippen molar-refractivity contribution in [3.05, 3.63) is 29.8 Å². The third-order valence-corrected chi connectivity index (χ3v) is 4.48. The molecule has 4 heteroatoms. The topological polar surface area (TPSA) is 33.7 Å². The minimum atomic E-state index is 0.329. The maximum absolute atomic E-state index is 5.97. The molecule has 2 aliphatic heterocycles. The third-order valence-electron chi connectivity index (χ3n) is 4.48. The van der Waals surface area contributed by atoms with E-state index in [1.165, 1.54) is 5.56 Å². The molecule has 3 rings (SSSR count). The van der Waals surface area contributed by atoms with Gasteiger partial charge in [-0.05, 0) is 26.1 Å². The Labute approximate surface area is 121 Å². The van der Waals surface area contributed by atoms with Crippen LogP contribution in [-0.4, -0.2) is 50.4 Å². The fraction of sp³-hybridized carbons (Fsp3) is 0.625. The van der Waals surface area contributed by atoms with Crippen molar-refractivity contribution in [1.29, 1.82) is 0 Å². The van der Waals surface area contributed by atoms with E-state index in [-0.39, 0.29) is 0 Å². The van der Waals surface area contributed by atoms with Crippen LogP contribution in [0.25, 0.3) is 0 Å². The molecular weight excluding hydrogens is 252 g/mol. The molecule has 4 nitrogen and oxygen atoms in total. The van der Waals surface area contributed by atoms with Gasteiger partial charge in [0.1, 0.15) is 12.4 Å². The second kappa shape index (κ2) is 6.12. The Bertz CT molecular complexity index is 446. The van der Waals surface area contributed by atoms with Gasteiger partial charge in [0.25, 0.3) is 0 Å². The highest BCUT2D eigenvalue weighted by Crippen LogP contribution is 2.34. The Kier molecular flexibility index (Phi) is 4.24. The molecule has 0 amide bonds. The van der Waals surface area contributed by atoms with Crippen molar-refractivity contribution in [2.75, 3.05) is 33.4 Å². The first-order valence-corrected chi connectivity index (χ1v) is 7.56. The monoisotopic (exact) mass is 276 g/mol. The summed E-state index contributed by atoms with van der Waals surface area (Å²) < 4.78 is 11.5. The lowest BCUT2D eigenvalue weighted by atomic mass is 9.94. The van der Waals surface area contributed by atoms with Gasteiger partial charge in [0, 0.05) is 18.2 Å². The van der Waals surface area contributed by atoms with Crippen molar-refractivity contribution in [2.45, 2.75) is 31.5 Å². The number of para-hydroxylation sites is 1. The number of hydrogen-bond donors (Lipinski definition) is 1. The van der Waals surface area contributed by atoms with Crippen molar-refractivity contribution in [1.82, 2.24) is 10.2 Å². The summed E-state index contributed by atoms with van der Waals surface area (Å²) >= 11 is 0. The molecule has 0 aliphatic carbocycles. The second-order valence-electron chi connectivity index (χ2n) is 5.63. The fourth-order valence-corrected chi connectivity index (χ4v) is 3.28. The molecule has 2 aliphatic rings. The number of benzene rings is 1. The van der Waals surface area contributed by atoms with Crippen LogP contribution in [0.1, 0.15) is 24.9 Å². The van der Waals surface area contributed by atoms with Crippen LogP contribution in [0.4, 0.5) is 0 Å². The van der Waals surface area contributed by atoms with Gasteiger partial charge in [0.05, 0.1) is 18.7 Å². The molecule has 2 heterocycles. The Balaban J connectivity index is 1.83. The molecule has 3 unspecified atom stereocenters. The Morgan fingerprint density at radius 3 is 2.90 bits per heavy atom. The van der Waals surface area contributed by atoms with Crippen molar-refractivity contribution < 1.29 is 9.47 Å². The molecule has 0 saturated carbocycles. The predicted molar refractivity (Wildman–Crippen MR) is 79.1 cm³/mol. The summed E-state index contributed by atoms with van der Waals surface area (Å²) in [6, 6.07) is 9.56. The van der Waals surface area contributed by atoms with E-state index in [1.807, 2.05) is 6.07 Å². The first-order chi connectivity index (χ1) is 9.81. The molecule has 0 bridgehead atoms. The van der Waals surface area contributed by atoms with Crippen LogP contribution in [0.5, 0.6) is 5.75 Å². The Morgan fingerprint density at radius 1 is 1.30 bits per heavy atom. The van der Waals surface area contributed by atoms with Gasteiger partial charge in [0.2, 0.25) is 0 Å². The SMILES string of the molecule is CCNC1c2ccccc2OCC1N(C)C1CCOC1. The van der Waals surface area contributed by atoms with E-state index in [0.29, 0.717) is 18.1 Å². The van der Waals surface area contributed by atoms with Crippen LogP contribution in [0, 0.1) is 0 Å². The van der Waals surface area contributed by atoms with Crippen molar-refractivity contribution in [2.24, 2.45) is 0 Å². The smallest absolute Gasteiger partial charge is 0.124 e. The zero-order chi connectivity index (χ0) is 13.9. The molecule has 0 aromatic heterocycles. The van der Waals surface area contributed by atoms with Crippen LogP contribution in [-0.2, 0) is 4.74 Å². The van der Waals surface area contributed by atoms with Crippen molar-refractivity contribution in [3.8, 4) is 5.75 Å². The maximum Gasteiger partial charge on any atom is 0.124 e. The molecule has 1 saturated heterocycles. The highest BCUT2D eigenvalue weighted by Gasteiger charge is 2.36. The summed E-state index contributed by atoms with van der Waals surface area (Å²) in [5, 5.41) is 3.63. The highest BCUT2D eigenvalue weighted by atomic mass is 16.5. The molecule has 1 aromatic carbocycles. The summed E-state index contributed by atoms with van der Waals surface area (Å²) in [6.07, 6.45) is 1.12. The first kappa shape index (κ1) is 13.9. The van der Waals surface area contributed by atoms with Crippen LogP contribution in [0.3, 0.4) is 0 Å². The van der Waals surface area contributed by atoms with E-state index < -0.39 is 0 Å². The largest absolute Gasteiger partial charge is 0.492 e. The Morgan fingerprint density at radius 2 is 2.15 bits per heavy atom. The van der Waals surface area contributed by atoms with Crippen LogP contribution < -0.4 is 10.1 Å². The average Bonchev–Trinajstić information content (AvgIpc) is 3.01. The molecule has 1 fully saturated rings. The van der Waals surface area contributed by atoms with Gasteiger partial charge in [-0.15, -0.1) is 0 Å². The summed E-state index contributed by atoms with van der Waals surface area (Å²) in [4.78, 5) is 2.44. The van der Waals surface area contributed by atoms with Crippen LogP contribution >= 0.6 is 0 Å². The third kappa shape index (κ3) is 2.55. The fourth-order valence-electron chi connectivity index (χ4n) is 3.28. The van der Waals surface area contributed by atoms with Crippen molar-refractivity contribution in [3.63, 3.8) is 0 Å². The van der Waals surface area contributed by atoms with E-state index in [9.17, 15) is 0 Å². The maximum atomic E-state index is 5.97. The second-order valence-corrected chi connectivity index (χ2v) is 5.63. The van der Waals surface area contributed by atoms with Gasteiger partial charge >= 0.3 is 0 Å². The lowest BCUT2D eigenvalue weighted by Gasteiger charge is -2.41. The summed E-state index contributed by atoms with van der Waals surface area (Å²) in [5.74, 6) is 1.02. The number of rotatable bonds is 4. The summed E-state index contributed by atoms with van der Waals surface area (Å²) in [7, 11) is 2.20. The van der Waals surface area contributed by atoms with Crippen LogP contribution in [0.15, 0.2) is 24.3 Å². The lowest BCUT2D eigenvalue weighted by molar-refractivity contribution is 0.0664. The van der Waals surface area contributed by atoms with Gasteiger partial charge < -0.3 is 14.8 Å². The number of ether oxygens (including phenoxy) is 2. The van der Waals surface area contributed by atoms with Gasteiger partial charge in [-0.2, -0.15) is 0 Å². The van der Waals surface area contributed by atoms with E-state index >= 15 is 0 Å². The molecule has 110 valence electrons. The average molecular weight is 276 g/mol.